The number of halogens is 3. The lowest BCUT2D eigenvalue weighted by atomic mass is 9.85. The van der Waals surface area contributed by atoms with Gasteiger partial charge in [-0.1, -0.05) is 0 Å². The summed E-state index contributed by atoms with van der Waals surface area (Å²) in [6, 6.07) is 5.13. The molecular weight excluding hydrogens is 529 g/mol. The number of ketones is 1. The van der Waals surface area contributed by atoms with E-state index in [0.717, 1.165) is 40.8 Å². The van der Waals surface area contributed by atoms with Crippen LogP contribution < -0.4 is 0 Å². The van der Waals surface area contributed by atoms with Crippen molar-refractivity contribution in [1.82, 2.24) is 14.5 Å². The van der Waals surface area contributed by atoms with Gasteiger partial charge in [0, 0.05) is 47.6 Å². The van der Waals surface area contributed by atoms with Gasteiger partial charge in [0.15, 0.2) is 5.78 Å². The summed E-state index contributed by atoms with van der Waals surface area (Å²) in [4.78, 5) is 20.4. The number of Topliss-reactive ketones (excluding diaryl/α,β-unsaturated/α-hetero) is 1. The first-order valence-corrected chi connectivity index (χ1v) is 10.9. The van der Waals surface area contributed by atoms with Crippen LogP contribution in [0.2, 0.25) is 0 Å². The lowest BCUT2D eigenvalue weighted by Gasteiger charge is -2.22. The molecule has 136 valence electrons. The minimum absolute atomic E-state index is 0.0202. The molecule has 1 aliphatic carbocycles. The Balaban J connectivity index is 0.000000447. The van der Waals surface area contributed by atoms with E-state index in [-0.39, 0.29) is 20.6 Å². The van der Waals surface area contributed by atoms with Crippen molar-refractivity contribution in [3.05, 3.63) is 47.7 Å². The standard InChI is InChI=1S/C17H17N3O2.BBr3/c1-10-18-6-7-20(10)9-11-2-5-14-16(17(11)22)13-4-3-12(21)8-15(13)19-14;2-1(3)4/h3-4,6-8,11,19,21H,2,5,9H2,1H3;. The average molecular weight is 546 g/mol. The van der Waals surface area contributed by atoms with Crippen LogP contribution in [0.3, 0.4) is 0 Å². The number of aromatic hydroxyl groups is 1. The van der Waals surface area contributed by atoms with E-state index in [4.69, 9.17) is 0 Å². The molecule has 2 N–H and O–H groups in total. The molecule has 5 nitrogen and oxygen atoms in total. The van der Waals surface area contributed by atoms with Crippen LogP contribution >= 0.6 is 47.3 Å². The Hall–Kier alpha value is -1.06. The maximum Gasteiger partial charge on any atom is 0.369 e. The lowest BCUT2D eigenvalue weighted by Crippen LogP contribution is -2.26. The van der Waals surface area contributed by atoms with Crippen LogP contribution in [-0.2, 0) is 13.0 Å². The number of phenolic OH excluding ortho intramolecular Hbond substituents is 1. The maximum absolute atomic E-state index is 12.9. The SMILES string of the molecule is BrB(Br)Br.Cc1nccn1CC1CCc2[nH]c3cc(O)ccc3c2C1=O. The van der Waals surface area contributed by atoms with Crippen molar-refractivity contribution in [2.75, 3.05) is 0 Å². The first-order chi connectivity index (χ1) is 12.4. The van der Waals surface area contributed by atoms with Gasteiger partial charge < -0.3 is 14.7 Å². The van der Waals surface area contributed by atoms with Crippen molar-refractivity contribution >= 4 is 67.1 Å². The molecule has 0 radical (unpaired) electrons. The van der Waals surface area contributed by atoms with Gasteiger partial charge in [0.05, 0.1) is 5.52 Å². The van der Waals surface area contributed by atoms with E-state index in [0.29, 0.717) is 6.54 Å². The monoisotopic (exact) mass is 543 g/mol. The van der Waals surface area contributed by atoms with E-state index in [1.54, 1.807) is 18.3 Å². The Morgan fingerprint density at radius 2 is 2.12 bits per heavy atom. The molecule has 0 fully saturated rings. The number of fused-ring (bicyclic) bond motifs is 3. The highest BCUT2D eigenvalue weighted by Gasteiger charge is 2.31. The van der Waals surface area contributed by atoms with Crippen LogP contribution in [0.4, 0.5) is 0 Å². The van der Waals surface area contributed by atoms with Crippen molar-refractivity contribution in [3.8, 4) is 5.75 Å². The number of aryl methyl sites for hydroxylation is 2. The zero-order valence-corrected chi connectivity index (χ0v) is 18.8. The maximum atomic E-state index is 12.9. The summed E-state index contributed by atoms with van der Waals surface area (Å²) < 4.78 is 2.31. The summed E-state index contributed by atoms with van der Waals surface area (Å²) in [6.07, 6.45) is 5.38. The van der Waals surface area contributed by atoms with Gasteiger partial charge in [-0.3, -0.25) is 4.79 Å². The number of hydrogen-bond acceptors (Lipinski definition) is 3. The molecule has 1 aliphatic rings. The van der Waals surface area contributed by atoms with Gasteiger partial charge >= 0.3 is 3.18 Å². The fraction of sp³-hybridized carbons (Fsp3) is 0.294. The summed E-state index contributed by atoms with van der Waals surface area (Å²) >= 11 is 9.31. The Labute approximate surface area is 176 Å². The molecule has 4 rings (SSSR count). The predicted molar refractivity (Wildman–Crippen MR) is 116 cm³/mol. The Bertz CT molecular complexity index is 936. The van der Waals surface area contributed by atoms with Gasteiger partial charge in [-0.05, 0) is 31.9 Å². The molecule has 1 unspecified atom stereocenters. The lowest BCUT2D eigenvalue weighted by molar-refractivity contribution is 0.0889. The molecule has 9 heteroatoms. The first-order valence-electron chi connectivity index (χ1n) is 8.14. The summed E-state index contributed by atoms with van der Waals surface area (Å²) in [6.45, 7) is 2.63. The minimum Gasteiger partial charge on any atom is -0.508 e. The molecule has 0 saturated carbocycles. The third-order valence-electron chi connectivity index (χ3n) is 4.56. The normalized spacial score (nSPS) is 16.2. The number of aromatic nitrogens is 3. The highest BCUT2D eigenvalue weighted by molar-refractivity contribution is 9.69. The smallest absolute Gasteiger partial charge is 0.369 e. The fourth-order valence-corrected chi connectivity index (χ4v) is 3.37. The number of nitrogens with zero attached hydrogens (tertiary/aromatic N) is 2. The number of aromatic amines is 1. The summed E-state index contributed by atoms with van der Waals surface area (Å²) in [7, 11) is 0. The van der Waals surface area contributed by atoms with E-state index >= 15 is 0 Å². The van der Waals surface area contributed by atoms with E-state index in [1.807, 2.05) is 23.8 Å². The van der Waals surface area contributed by atoms with Crippen molar-refractivity contribution in [1.29, 1.82) is 0 Å². The molecule has 0 spiro atoms. The molecule has 1 aromatic carbocycles. The van der Waals surface area contributed by atoms with E-state index in [1.165, 1.54) is 0 Å². The number of carbonyl (C=O) groups excluding carboxylic acids is 1. The second kappa shape index (κ2) is 8.31. The largest absolute Gasteiger partial charge is 0.508 e. The van der Waals surface area contributed by atoms with Crippen LogP contribution in [0.5, 0.6) is 5.75 Å². The Kier molecular flexibility index (Phi) is 6.30. The third-order valence-corrected chi connectivity index (χ3v) is 4.56. The Morgan fingerprint density at radius 1 is 1.38 bits per heavy atom. The minimum atomic E-state index is -0.0202. The molecular formula is C17H17BBr3N3O2. The third kappa shape index (κ3) is 4.26. The van der Waals surface area contributed by atoms with Gasteiger partial charge in [-0.25, -0.2) is 4.98 Å². The van der Waals surface area contributed by atoms with Crippen molar-refractivity contribution in [2.24, 2.45) is 5.92 Å². The molecule has 0 amide bonds. The van der Waals surface area contributed by atoms with Crippen molar-refractivity contribution < 1.29 is 9.90 Å². The molecule has 3 aromatic rings. The molecule has 0 bridgehead atoms. The number of hydrogen-bond donors (Lipinski definition) is 2. The average Bonchev–Trinajstić information content (AvgIpc) is 3.12. The summed E-state index contributed by atoms with van der Waals surface area (Å²) in [5, 5.41) is 10.5. The van der Waals surface area contributed by atoms with E-state index < -0.39 is 0 Å². The highest BCUT2D eigenvalue weighted by Crippen LogP contribution is 2.33. The van der Waals surface area contributed by atoms with E-state index in [2.05, 4.69) is 57.2 Å². The van der Waals surface area contributed by atoms with Crippen LogP contribution in [0.1, 0.15) is 28.3 Å². The molecule has 1 atom stereocenters. The zero-order chi connectivity index (χ0) is 18.8. The molecule has 0 saturated heterocycles. The highest BCUT2D eigenvalue weighted by atomic mass is 79.9. The number of benzene rings is 1. The van der Waals surface area contributed by atoms with Gasteiger partial charge in [0.25, 0.3) is 0 Å². The van der Waals surface area contributed by atoms with Crippen LogP contribution in [-0.4, -0.2) is 28.6 Å². The van der Waals surface area contributed by atoms with Crippen molar-refractivity contribution in [3.63, 3.8) is 0 Å². The molecule has 2 heterocycles. The number of imidazole rings is 1. The van der Waals surface area contributed by atoms with Gasteiger partial charge in [0.2, 0.25) is 0 Å². The number of H-pyrrole nitrogens is 1. The van der Waals surface area contributed by atoms with Gasteiger partial charge in [-0.2, -0.15) is 0 Å². The van der Waals surface area contributed by atoms with Gasteiger partial charge in [0.1, 0.15) is 11.6 Å². The summed E-state index contributed by atoms with van der Waals surface area (Å²) in [5.74, 6) is 1.31. The Morgan fingerprint density at radius 3 is 2.77 bits per heavy atom. The number of rotatable bonds is 2. The zero-order valence-electron chi connectivity index (χ0n) is 14.0. The van der Waals surface area contributed by atoms with Crippen LogP contribution in [0.15, 0.2) is 30.6 Å². The number of carbonyl (C=O) groups is 1. The topological polar surface area (TPSA) is 70.9 Å². The van der Waals surface area contributed by atoms with E-state index in [9.17, 15) is 9.90 Å². The van der Waals surface area contributed by atoms with Crippen LogP contribution in [0, 0.1) is 12.8 Å². The molecule has 26 heavy (non-hydrogen) atoms. The first kappa shape index (κ1) is 19.7. The fourth-order valence-electron chi connectivity index (χ4n) is 3.37. The number of phenols is 1. The molecule has 0 aliphatic heterocycles. The second-order valence-corrected chi connectivity index (χ2v) is 12.6. The van der Waals surface area contributed by atoms with Crippen LogP contribution in [0.25, 0.3) is 10.9 Å². The second-order valence-electron chi connectivity index (χ2n) is 6.18. The molecule has 2 aromatic heterocycles. The predicted octanol–water partition coefficient (Wildman–Crippen LogP) is 4.98. The number of nitrogens with one attached hydrogen (secondary N) is 1. The van der Waals surface area contributed by atoms with Crippen molar-refractivity contribution in [2.45, 2.75) is 26.3 Å². The summed E-state index contributed by atoms with van der Waals surface area (Å²) in [5.41, 5.74) is 2.62. The van der Waals surface area contributed by atoms with Gasteiger partial charge in [-0.15, -0.1) is 47.3 Å². The quantitative estimate of drug-likeness (QED) is 0.446.